The van der Waals surface area contributed by atoms with Crippen LogP contribution in [0.25, 0.3) is 17.0 Å². The number of nitrogens with zero attached hydrogens (tertiary/aromatic N) is 2. The predicted molar refractivity (Wildman–Crippen MR) is 111 cm³/mol. The van der Waals surface area contributed by atoms with E-state index < -0.39 is 0 Å². The van der Waals surface area contributed by atoms with Gasteiger partial charge < -0.3 is 4.42 Å². The third kappa shape index (κ3) is 4.04. The Labute approximate surface area is 166 Å². The highest BCUT2D eigenvalue weighted by Crippen LogP contribution is 2.35. The first kappa shape index (κ1) is 18.6. The van der Waals surface area contributed by atoms with Gasteiger partial charge in [0, 0.05) is 12.0 Å². The molecule has 4 rings (SSSR count). The molecule has 1 aliphatic rings. The Bertz CT molecular complexity index is 1090. The molecule has 1 aromatic carbocycles. The third-order valence-corrected chi connectivity index (χ3v) is 6.00. The highest BCUT2D eigenvalue weighted by molar-refractivity contribution is 7.15. The van der Waals surface area contributed by atoms with Gasteiger partial charge in [-0.15, -0.1) is 10.2 Å². The third-order valence-electron chi connectivity index (χ3n) is 4.99. The molecule has 6 nitrogen and oxygen atoms in total. The highest BCUT2D eigenvalue weighted by atomic mass is 32.1. The van der Waals surface area contributed by atoms with Crippen LogP contribution in [-0.2, 0) is 4.79 Å². The number of fused-ring (bicyclic) bond motifs is 1. The van der Waals surface area contributed by atoms with E-state index in [1.54, 1.807) is 12.1 Å². The Kier molecular flexibility index (Phi) is 5.34. The Hall–Kier alpha value is -2.80. The molecule has 0 radical (unpaired) electrons. The summed E-state index contributed by atoms with van der Waals surface area (Å²) in [4.78, 5) is 24.8. The first-order valence-electron chi connectivity index (χ1n) is 9.45. The average Bonchev–Trinajstić information content (AvgIpc) is 3.17. The monoisotopic (exact) mass is 395 g/mol. The van der Waals surface area contributed by atoms with Gasteiger partial charge in [-0.05, 0) is 38.0 Å². The first-order valence-corrected chi connectivity index (χ1v) is 10.3. The zero-order valence-electron chi connectivity index (χ0n) is 15.6. The van der Waals surface area contributed by atoms with E-state index in [0.717, 1.165) is 23.4 Å². The number of aryl methyl sites for hydroxylation is 1. The lowest BCUT2D eigenvalue weighted by atomic mass is 9.90. The van der Waals surface area contributed by atoms with Crippen LogP contribution >= 0.6 is 11.3 Å². The second-order valence-corrected chi connectivity index (χ2v) is 8.13. The summed E-state index contributed by atoms with van der Waals surface area (Å²) in [6.07, 6.45) is 10.2. The van der Waals surface area contributed by atoms with E-state index in [4.69, 9.17) is 4.42 Å². The van der Waals surface area contributed by atoms with Crippen molar-refractivity contribution in [2.75, 3.05) is 5.32 Å². The second-order valence-electron chi connectivity index (χ2n) is 7.12. The molecule has 2 aromatic heterocycles. The van der Waals surface area contributed by atoms with Gasteiger partial charge in [0.15, 0.2) is 5.43 Å². The molecule has 0 saturated heterocycles. The minimum absolute atomic E-state index is 0.162. The van der Waals surface area contributed by atoms with Crippen LogP contribution in [0.4, 0.5) is 5.13 Å². The lowest BCUT2D eigenvalue weighted by Gasteiger charge is -2.18. The van der Waals surface area contributed by atoms with Crippen LogP contribution in [0.5, 0.6) is 0 Å². The van der Waals surface area contributed by atoms with E-state index in [9.17, 15) is 9.59 Å². The van der Waals surface area contributed by atoms with Gasteiger partial charge in [0.25, 0.3) is 0 Å². The van der Waals surface area contributed by atoms with Crippen LogP contribution in [0.1, 0.15) is 54.2 Å². The molecular weight excluding hydrogens is 374 g/mol. The first-order chi connectivity index (χ1) is 13.6. The SMILES string of the molecule is Cc1ccc2occ(/C=C/C(=O)Nc3nnc(C4CCCCC4)s3)c(=O)c2c1. The maximum atomic E-state index is 12.6. The minimum atomic E-state index is -0.352. The smallest absolute Gasteiger partial charge is 0.250 e. The van der Waals surface area contributed by atoms with Crippen molar-refractivity contribution in [3.05, 3.63) is 56.9 Å². The molecule has 1 fully saturated rings. The van der Waals surface area contributed by atoms with Crippen molar-refractivity contribution in [3.63, 3.8) is 0 Å². The number of hydrogen-bond donors (Lipinski definition) is 1. The molecule has 0 atom stereocenters. The predicted octanol–water partition coefficient (Wildman–Crippen LogP) is 4.65. The molecule has 2 heterocycles. The molecule has 1 amide bonds. The summed E-state index contributed by atoms with van der Waals surface area (Å²) in [5.41, 5.74) is 1.67. The molecule has 3 aromatic rings. The van der Waals surface area contributed by atoms with Crippen LogP contribution in [0.2, 0.25) is 0 Å². The van der Waals surface area contributed by atoms with Gasteiger partial charge >= 0.3 is 0 Å². The molecule has 1 N–H and O–H groups in total. The van der Waals surface area contributed by atoms with Crippen molar-refractivity contribution in [3.8, 4) is 0 Å². The Morgan fingerprint density at radius 3 is 2.89 bits per heavy atom. The molecular formula is C21H21N3O3S. The van der Waals surface area contributed by atoms with Crippen molar-refractivity contribution in [1.82, 2.24) is 10.2 Å². The standard InChI is InChI=1S/C21H21N3O3S/c1-13-7-9-17-16(11-13)19(26)15(12-27-17)8-10-18(25)22-21-24-23-20(28-21)14-5-3-2-4-6-14/h7-12,14H,2-6H2,1H3,(H,22,24,25)/b10-8+. The number of nitrogens with one attached hydrogen (secondary N) is 1. The van der Waals surface area contributed by atoms with Crippen LogP contribution in [0.3, 0.4) is 0 Å². The fraction of sp³-hybridized carbons (Fsp3) is 0.333. The topological polar surface area (TPSA) is 85.1 Å². The van der Waals surface area contributed by atoms with Gasteiger partial charge in [-0.1, -0.05) is 42.2 Å². The summed E-state index contributed by atoms with van der Waals surface area (Å²) in [5, 5.41) is 13.0. The van der Waals surface area contributed by atoms with E-state index in [1.807, 2.05) is 13.0 Å². The zero-order chi connectivity index (χ0) is 19.5. The maximum absolute atomic E-state index is 12.6. The number of aromatic nitrogens is 2. The number of amides is 1. The van der Waals surface area contributed by atoms with Crippen LogP contribution in [-0.4, -0.2) is 16.1 Å². The molecule has 0 unspecified atom stereocenters. The van der Waals surface area contributed by atoms with Gasteiger partial charge in [0.2, 0.25) is 11.0 Å². The normalized spacial score (nSPS) is 15.3. The fourth-order valence-electron chi connectivity index (χ4n) is 3.49. The van der Waals surface area contributed by atoms with Crippen LogP contribution < -0.4 is 10.7 Å². The summed E-state index contributed by atoms with van der Waals surface area (Å²) in [5.74, 6) is 0.105. The summed E-state index contributed by atoms with van der Waals surface area (Å²) < 4.78 is 5.50. The number of benzene rings is 1. The van der Waals surface area contributed by atoms with Gasteiger partial charge in [-0.2, -0.15) is 0 Å². The average molecular weight is 395 g/mol. The maximum Gasteiger partial charge on any atom is 0.250 e. The molecule has 7 heteroatoms. The Balaban J connectivity index is 1.46. The van der Waals surface area contributed by atoms with Gasteiger partial charge in [-0.3, -0.25) is 14.9 Å². The minimum Gasteiger partial charge on any atom is -0.463 e. The van der Waals surface area contributed by atoms with E-state index in [1.165, 1.54) is 49.0 Å². The number of carbonyl (C=O) groups is 1. The molecule has 1 saturated carbocycles. The zero-order valence-corrected chi connectivity index (χ0v) is 16.4. The lowest BCUT2D eigenvalue weighted by Crippen LogP contribution is -2.09. The Morgan fingerprint density at radius 2 is 2.07 bits per heavy atom. The second kappa shape index (κ2) is 8.06. The molecule has 0 spiro atoms. The Morgan fingerprint density at radius 1 is 1.25 bits per heavy atom. The summed E-state index contributed by atoms with van der Waals surface area (Å²) in [6.45, 7) is 1.92. The summed E-state index contributed by atoms with van der Waals surface area (Å²) in [6, 6.07) is 5.44. The largest absolute Gasteiger partial charge is 0.463 e. The van der Waals surface area contributed by atoms with Crippen LogP contribution in [0, 0.1) is 6.92 Å². The summed E-state index contributed by atoms with van der Waals surface area (Å²) >= 11 is 1.43. The highest BCUT2D eigenvalue weighted by Gasteiger charge is 2.20. The van der Waals surface area contributed by atoms with Gasteiger partial charge in [0.05, 0.1) is 10.9 Å². The number of carbonyl (C=O) groups excluding carboxylic acids is 1. The fourth-order valence-corrected chi connectivity index (χ4v) is 4.40. The quantitative estimate of drug-likeness (QED) is 0.650. The van der Waals surface area contributed by atoms with Crippen LogP contribution in [0.15, 0.2) is 39.7 Å². The van der Waals surface area contributed by atoms with E-state index in [-0.39, 0.29) is 11.3 Å². The number of rotatable bonds is 4. The molecule has 0 bridgehead atoms. The van der Waals surface area contributed by atoms with E-state index in [2.05, 4.69) is 15.5 Å². The van der Waals surface area contributed by atoms with Crippen molar-refractivity contribution in [2.24, 2.45) is 0 Å². The number of anilines is 1. The van der Waals surface area contributed by atoms with Crippen molar-refractivity contribution >= 4 is 39.4 Å². The van der Waals surface area contributed by atoms with Crippen molar-refractivity contribution < 1.29 is 9.21 Å². The number of hydrogen-bond acceptors (Lipinski definition) is 6. The van der Waals surface area contributed by atoms with E-state index >= 15 is 0 Å². The molecule has 1 aliphatic carbocycles. The van der Waals surface area contributed by atoms with Gasteiger partial charge in [-0.25, -0.2) is 0 Å². The molecule has 0 aliphatic heterocycles. The van der Waals surface area contributed by atoms with Gasteiger partial charge in [0.1, 0.15) is 16.9 Å². The van der Waals surface area contributed by atoms with Crippen molar-refractivity contribution in [2.45, 2.75) is 44.9 Å². The molecule has 144 valence electrons. The lowest BCUT2D eigenvalue weighted by molar-refractivity contribution is -0.111. The van der Waals surface area contributed by atoms with Crippen molar-refractivity contribution in [1.29, 1.82) is 0 Å². The van der Waals surface area contributed by atoms with E-state index in [0.29, 0.717) is 27.6 Å². The molecule has 28 heavy (non-hydrogen) atoms. The summed E-state index contributed by atoms with van der Waals surface area (Å²) in [7, 11) is 0.